The van der Waals surface area contributed by atoms with Crippen LogP contribution in [0.4, 0.5) is 10.1 Å². The highest BCUT2D eigenvalue weighted by Gasteiger charge is 2.06. The number of nitrogens with one attached hydrogen (secondary N) is 1. The number of halogens is 2. The third-order valence-electron chi connectivity index (χ3n) is 1.23. The van der Waals surface area contributed by atoms with Gasteiger partial charge in [0.1, 0.15) is 5.82 Å². The summed E-state index contributed by atoms with van der Waals surface area (Å²) in [5.41, 5.74) is -0.0251. The van der Waals surface area contributed by atoms with Gasteiger partial charge in [-0.2, -0.15) is 0 Å². The molecule has 0 saturated heterocycles. The highest BCUT2D eigenvalue weighted by atomic mass is 127. The fraction of sp³-hybridized carbons (Fsp3) is 0.143. The molecular formula is C7H7FINO2S. The molecule has 0 radical (unpaired) electrons. The van der Waals surface area contributed by atoms with Gasteiger partial charge in [0.25, 0.3) is 0 Å². The van der Waals surface area contributed by atoms with E-state index >= 15 is 0 Å². The average molecular weight is 315 g/mol. The first kappa shape index (κ1) is 10.7. The van der Waals surface area contributed by atoms with Crippen molar-refractivity contribution in [3.8, 4) is 0 Å². The molecule has 13 heavy (non-hydrogen) atoms. The zero-order valence-electron chi connectivity index (χ0n) is 6.71. The second-order valence-corrected chi connectivity index (χ2v) is 5.49. The molecule has 1 aromatic carbocycles. The minimum absolute atomic E-state index is 0.0251. The van der Waals surface area contributed by atoms with E-state index in [-0.39, 0.29) is 5.69 Å². The van der Waals surface area contributed by atoms with Crippen LogP contribution in [0.3, 0.4) is 0 Å². The summed E-state index contributed by atoms with van der Waals surface area (Å²) in [7, 11) is -3.40. The van der Waals surface area contributed by atoms with E-state index in [9.17, 15) is 12.8 Å². The maximum Gasteiger partial charge on any atom is 0.229 e. The summed E-state index contributed by atoms with van der Waals surface area (Å²) >= 11 is 1.94. The van der Waals surface area contributed by atoms with Gasteiger partial charge in [-0.3, -0.25) is 4.72 Å². The molecule has 0 heterocycles. The van der Waals surface area contributed by atoms with Crippen LogP contribution in [0.2, 0.25) is 0 Å². The number of anilines is 1. The third-order valence-corrected chi connectivity index (χ3v) is 2.49. The molecule has 1 rings (SSSR count). The van der Waals surface area contributed by atoms with Crippen molar-refractivity contribution in [3.63, 3.8) is 0 Å². The van der Waals surface area contributed by atoms with Crippen molar-refractivity contribution in [2.45, 2.75) is 0 Å². The van der Waals surface area contributed by atoms with Gasteiger partial charge >= 0.3 is 0 Å². The maximum absolute atomic E-state index is 13.0. The molecule has 0 aliphatic carbocycles. The smallest absolute Gasteiger partial charge is 0.229 e. The normalized spacial score (nSPS) is 11.3. The SMILES string of the molecule is CS(=O)(=O)Nc1ccc(I)cc1F. The zero-order valence-corrected chi connectivity index (χ0v) is 9.69. The van der Waals surface area contributed by atoms with E-state index in [1.807, 2.05) is 22.6 Å². The summed E-state index contributed by atoms with van der Waals surface area (Å²) in [5, 5.41) is 0. The van der Waals surface area contributed by atoms with Gasteiger partial charge in [0.15, 0.2) is 0 Å². The average Bonchev–Trinajstić information content (AvgIpc) is 1.93. The highest BCUT2D eigenvalue weighted by Crippen LogP contribution is 2.17. The highest BCUT2D eigenvalue weighted by molar-refractivity contribution is 14.1. The Morgan fingerprint density at radius 2 is 2.08 bits per heavy atom. The Hall–Kier alpha value is -0.370. The molecule has 1 N–H and O–H groups in total. The lowest BCUT2D eigenvalue weighted by Gasteiger charge is -2.04. The largest absolute Gasteiger partial charge is 0.281 e. The van der Waals surface area contributed by atoms with Crippen LogP contribution in [-0.2, 0) is 10.0 Å². The molecule has 1 aromatic rings. The topological polar surface area (TPSA) is 46.2 Å². The lowest BCUT2D eigenvalue weighted by atomic mass is 10.3. The molecule has 0 fully saturated rings. The molecule has 0 spiro atoms. The molecule has 0 bridgehead atoms. The molecule has 0 aliphatic rings. The molecular weight excluding hydrogens is 308 g/mol. The first-order valence-corrected chi connectivity index (χ1v) is 6.28. The predicted octanol–water partition coefficient (Wildman–Crippen LogP) is 1.80. The van der Waals surface area contributed by atoms with Crippen LogP contribution in [0.1, 0.15) is 0 Å². The lowest BCUT2D eigenvalue weighted by molar-refractivity contribution is 0.603. The Kier molecular flexibility index (Phi) is 3.12. The molecule has 3 nitrogen and oxygen atoms in total. The molecule has 6 heteroatoms. The third kappa shape index (κ3) is 3.47. The van der Waals surface area contributed by atoms with Gasteiger partial charge in [0, 0.05) is 3.57 Å². The van der Waals surface area contributed by atoms with Gasteiger partial charge in [-0.05, 0) is 40.8 Å². The number of benzene rings is 1. The number of sulfonamides is 1. The number of rotatable bonds is 2. The van der Waals surface area contributed by atoms with Crippen LogP contribution < -0.4 is 4.72 Å². The minimum atomic E-state index is -3.40. The van der Waals surface area contributed by atoms with Gasteiger partial charge < -0.3 is 0 Å². The Labute approximate surface area is 89.5 Å². The summed E-state index contributed by atoms with van der Waals surface area (Å²) in [6, 6.07) is 4.27. The maximum atomic E-state index is 13.0. The van der Waals surface area contributed by atoms with E-state index in [4.69, 9.17) is 0 Å². The van der Waals surface area contributed by atoms with Crippen molar-refractivity contribution in [1.29, 1.82) is 0 Å². The van der Waals surface area contributed by atoms with Gasteiger partial charge in [-0.1, -0.05) is 0 Å². The van der Waals surface area contributed by atoms with Crippen molar-refractivity contribution in [3.05, 3.63) is 27.6 Å². The summed E-state index contributed by atoms with van der Waals surface area (Å²) in [6.07, 6.45) is 0.977. The van der Waals surface area contributed by atoms with Crippen LogP contribution in [-0.4, -0.2) is 14.7 Å². The fourth-order valence-electron chi connectivity index (χ4n) is 0.772. The molecule has 0 unspecified atom stereocenters. The molecule has 0 aliphatic heterocycles. The van der Waals surface area contributed by atoms with Crippen molar-refractivity contribution in [2.75, 3.05) is 11.0 Å². The van der Waals surface area contributed by atoms with Crippen molar-refractivity contribution in [1.82, 2.24) is 0 Å². The standard InChI is InChI=1S/C7H7FINO2S/c1-13(11,12)10-7-3-2-5(9)4-6(7)8/h2-4,10H,1H3. The van der Waals surface area contributed by atoms with Crippen LogP contribution in [0, 0.1) is 9.39 Å². The van der Waals surface area contributed by atoms with Crippen LogP contribution in [0.15, 0.2) is 18.2 Å². The van der Waals surface area contributed by atoms with E-state index in [1.54, 1.807) is 6.07 Å². The van der Waals surface area contributed by atoms with Gasteiger partial charge in [-0.15, -0.1) is 0 Å². The summed E-state index contributed by atoms with van der Waals surface area (Å²) in [4.78, 5) is 0. The summed E-state index contributed by atoms with van der Waals surface area (Å²) in [6.45, 7) is 0. The lowest BCUT2D eigenvalue weighted by Crippen LogP contribution is -2.10. The first-order chi connectivity index (χ1) is 5.88. The van der Waals surface area contributed by atoms with Gasteiger partial charge in [0.05, 0.1) is 11.9 Å². The van der Waals surface area contributed by atoms with E-state index in [0.717, 1.165) is 6.26 Å². The summed E-state index contributed by atoms with van der Waals surface area (Å²) < 4.78 is 37.4. The van der Waals surface area contributed by atoms with E-state index in [1.165, 1.54) is 12.1 Å². The second-order valence-electron chi connectivity index (χ2n) is 2.50. The predicted molar refractivity (Wildman–Crippen MR) is 57.6 cm³/mol. The molecule has 0 saturated carbocycles. The summed E-state index contributed by atoms with van der Waals surface area (Å²) in [5.74, 6) is -0.572. The Morgan fingerprint density at radius 3 is 2.54 bits per heavy atom. The number of hydrogen-bond acceptors (Lipinski definition) is 2. The van der Waals surface area contributed by atoms with Gasteiger partial charge in [0.2, 0.25) is 10.0 Å². The quantitative estimate of drug-likeness (QED) is 0.846. The van der Waals surface area contributed by atoms with E-state index < -0.39 is 15.8 Å². The molecule has 72 valence electrons. The van der Waals surface area contributed by atoms with Crippen LogP contribution >= 0.6 is 22.6 Å². The fourth-order valence-corrected chi connectivity index (χ4v) is 1.79. The molecule has 0 amide bonds. The minimum Gasteiger partial charge on any atom is -0.281 e. The first-order valence-electron chi connectivity index (χ1n) is 3.31. The van der Waals surface area contributed by atoms with E-state index in [0.29, 0.717) is 3.57 Å². The van der Waals surface area contributed by atoms with E-state index in [2.05, 4.69) is 4.72 Å². The van der Waals surface area contributed by atoms with Crippen LogP contribution in [0.5, 0.6) is 0 Å². The van der Waals surface area contributed by atoms with Gasteiger partial charge in [-0.25, -0.2) is 12.8 Å². The Balaban J connectivity index is 3.04. The Bertz CT molecular complexity index is 419. The van der Waals surface area contributed by atoms with Crippen LogP contribution in [0.25, 0.3) is 0 Å². The molecule has 0 aromatic heterocycles. The second kappa shape index (κ2) is 3.79. The Morgan fingerprint density at radius 1 is 1.46 bits per heavy atom. The van der Waals surface area contributed by atoms with Crippen molar-refractivity contribution in [2.24, 2.45) is 0 Å². The zero-order chi connectivity index (χ0) is 10.1. The van der Waals surface area contributed by atoms with Crippen molar-refractivity contribution >= 4 is 38.3 Å². The monoisotopic (exact) mass is 315 g/mol. The molecule has 0 atom stereocenters. The van der Waals surface area contributed by atoms with Crippen molar-refractivity contribution < 1.29 is 12.8 Å². The number of hydrogen-bond donors (Lipinski definition) is 1.